The summed E-state index contributed by atoms with van der Waals surface area (Å²) in [5.41, 5.74) is 0. The van der Waals surface area contributed by atoms with Crippen LogP contribution >= 0.6 is 0 Å². The zero-order valence-electron chi connectivity index (χ0n) is 12.0. The number of ether oxygens (including phenoxy) is 1. The third-order valence-corrected chi connectivity index (χ3v) is 2.77. The summed E-state index contributed by atoms with van der Waals surface area (Å²) >= 11 is 0. The van der Waals surface area contributed by atoms with Crippen LogP contribution in [-0.2, 0) is 4.74 Å². The molecule has 1 unspecified atom stereocenters. The third kappa shape index (κ3) is 13.9. The Labute approximate surface area is 112 Å². The van der Waals surface area contributed by atoms with Gasteiger partial charge in [0.1, 0.15) is 0 Å². The predicted molar refractivity (Wildman–Crippen MR) is 74.7 cm³/mol. The van der Waals surface area contributed by atoms with E-state index >= 15 is 0 Å². The lowest BCUT2D eigenvalue weighted by Gasteiger charge is -2.12. The molecule has 3 N–H and O–H groups in total. The van der Waals surface area contributed by atoms with Crippen LogP contribution in [0.2, 0.25) is 0 Å². The highest BCUT2D eigenvalue weighted by atomic mass is 16.5. The molecule has 0 aromatic heterocycles. The lowest BCUT2D eigenvalue weighted by atomic mass is 10.1. The monoisotopic (exact) mass is 261 g/mol. The number of nitrogens with one attached hydrogen (secondary N) is 1. The second kappa shape index (κ2) is 13.3. The van der Waals surface area contributed by atoms with Crippen molar-refractivity contribution in [2.75, 3.05) is 32.9 Å². The highest BCUT2D eigenvalue weighted by Gasteiger charge is 2.03. The molecule has 0 aliphatic heterocycles. The van der Waals surface area contributed by atoms with Crippen molar-refractivity contribution in [1.82, 2.24) is 5.32 Å². The van der Waals surface area contributed by atoms with Crippen LogP contribution in [0.15, 0.2) is 0 Å². The summed E-state index contributed by atoms with van der Waals surface area (Å²) in [6, 6.07) is 0. The molecule has 0 saturated carbocycles. The number of aliphatic hydroxyl groups excluding tert-OH is 2. The lowest BCUT2D eigenvalue weighted by Crippen LogP contribution is -2.31. The van der Waals surface area contributed by atoms with Gasteiger partial charge in [-0.2, -0.15) is 0 Å². The van der Waals surface area contributed by atoms with E-state index in [9.17, 15) is 5.11 Å². The van der Waals surface area contributed by atoms with Crippen molar-refractivity contribution < 1.29 is 14.9 Å². The molecule has 0 bridgehead atoms. The first-order valence-electron chi connectivity index (χ1n) is 7.24. The zero-order chi connectivity index (χ0) is 13.6. The van der Waals surface area contributed by atoms with Crippen LogP contribution in [-0.4, -0.2) is 49.2 Å². The quantitative estimate of drug-likeness (QED) is 0.440. The summed E-state index contributed by atoms with van der Waals surface area (Å²) in [4.78, 5) is 0. The number of hydrogen-bond acceptors (Lipinski definition) is 4. The molecular weight excluding hydrogens is 230 g/mol. The molecule has 4 heteroatoms. The lowest BCUT2D eigenvalue weighted by molar-refractivity contribution is 0.0348. The van der Waals surface area contributed by atoms with Crippen molar-refractivity contribution in [3.63, 3.8) is 0 Å². The van der Waals surface area contributed by atoms with Gasteiger partial charge in [0, 0.05) is 19.8 Å². The van der Waals surface area contributed by atoms with Gasteiger partial charge in [-0.1, -0.05) is 13.8 Å². The summed E-state index contributed by atoms with van der Waals surface area (Å²) in [5, 5.41) is 21.4. The largest absolute Gasteiger partial charge is 0.396 e. The highest BCUT2D eigenvalue weighted by Crippen LogP contribution is 2.03. The molecule has 110 valence electrons. The molecule has 0 heterocycles. The van der Waals surface area contributed by atoms with Gasteiger partial charge in [0.05, 0.1) is 12.7 Å². The second-order valence-corrected chi connectivity index (χ2v) is 5.25. The predicted octanol–water partition coefficient (Wildman–Crippen LogP) is 1.55. The van der Waals surface area contributed by atoms with E-state index in [2.05, 4.69) is 19.2 Å². The zero-order valence-corrected chi connectivity index (χ0v) is 12.0. The van der Waals surface area contributed by atoms with Gasteiger partial charge in [-0.05, 0) is 44.6 Å². The van der Waals surface area contributed by atoms with Crippen molar-refractivity contribution in [3.8, 4) is 0 Å². The third-order valence-electron chi connectivity index (χ3n) is 2.77. The molecule has 0 rings (SSSR count). The van der Waals surface area contributed by atoms with Gasteiger partial charge in [0.2, 0.25) is 0 Å². The van der Waals surface area contributed by atoms with Crippen LogP contribution in [0.5, 0.6) is 0 Å². The van der Waals surface area contributed by atoms with Crippen molar-refractivity contribution in [1.29, 1.82) is 0 Å². The Morgan fingerprint density at radius 1 is 1.11 bits per heavy atom. The molecular formula is C14H31NO3. The van der Waals surface area contributed by atoms with Gasteiger partial charge in [-0.15, -0.1) is 0 Å². The molecule has 0 aromatic carbocycles. The first-order chi connectivity index (χ1) is 8.66. The first kappa shape index (κ1) is 17.8. The minimum absolute atomic E-state index is 0.271. The fourth-order valence-electron chi connectivity index (χ4n) is 1.68. The van der Waals surface area contributed by atoms with Gasteiger partial charge >= 0.3 is 0 Å². The normalized spacial score (nSPS) is 13.2. The Hall–Kier alpha value is -0.160. The maximum Gasteiger partial charge on any atom is 0.0897 e. The molecule has 0 fully saturated rings. The number of hydrogen-bond donors (Lipinski definition) is 3. The van der Waals surface area contributed by atoms with Gasteiger partial charge in [0.15, 0.2) is 0 Å². The Morgan fingerprint density at radius 3 is 2.56 bits per heavy atom. The molecule has 0 spiro atoms. The van der Waals surface area contributed by atoms with E-state index in [1.54, 1.807) is 0 Å². The Balaban J connectivity index is 3.15. The molecule has 0 aromatic rings. The molecule has 1 atom stereocenters. The summed E-state index contributed by atoms with van der Waals surface area (Å²) in [6.07, 6.45) is 4.77. The van der Waals surface area contributed by atoms with E-state index in [0.29, 0.717) is 13.2 Å². The fraction of sp³-hybridized carbons (Fsp3) is 1.00. The van der Waals surface area contributed by atoms with Crippen LogP contribution in [0.25, 0.3) is 0 Å². The van der Waals surface area contributed by atoms with E-state index in [1.165, 1.54) is 6.42 Å². The van der Waals surface area contributed by atoms with E-state index in [-0.39, 0.29) is 6.61 Å². The van der Waals surface area contributed by atoms with E-state index in [1.807, 2.05) is 0 Å². The first-order valence-corrected chi connectivity index (χ1v) is 7.24. The topological polar surface area (TPSA) is 61.7 Å². The van der Waals surface area contributed by atoms with Gasteiger partial charge in [-0.3, -0.25) is 0 Å². The van der Waals surface area contributed by atoms with Crippen molar-refractivity contribution in [3.05, 3.63) is 0 Å². The molecule has 18 heavy (non-hydrogen) atoms. The molecule has 0 aliphatic rings. The van der Waals surface area contributed by atoms with E-state index < -0.39 is 6.10 Å². The highest BCUT2D eigenvalue weighted by molar-refractivity contribution is 4.58. The standard InChI is InChI=1S/C14H31NO3/c1-13(2)7-6-10-18-12-14(17)11-15-8-4-3-5-9-16/h13-17H,3-12H2,1-2H3. The van der Waals surface area contributed by atoms with Crippen LogP contribution in [0.3, 0.4) is 0 Å². The number of rotatable bonds is 13. The van der Waals surface area contributed by atoms with E-state index in [4.69, 9.17) is 9.84 Å². The van der Waals surface area contributed by atoms with Crippen LogP contribution in [0, 0.1) is 5.92 Å². The van der Waals surface area contributed by atoms with Gasteiger partial charge in [0.25, 0.3) is 0 Å². The molecule has 0 radical (unpaired) electrons. The fourth-order valence-corrected chi connectivity index (χ4v) is 1.68. The summed E-state index contributed by atoms with van der Waals surface area (Å²) in [6.45, 7) is 7.32. The summed E-state index contributed by atoms with van der Waals surface area (Å²) < 4.78 is 5.42. The molecule has 0 aliphatic carbocycles. The van der Waals surface area contributed by atoms with Crippen molar-refractivity contribution in [2.45, 2.75) is 52.1 Å². The minimum Gasteiger partial charge on any atom is -0.396 e. The average molecular weight is 261 g/mol. The minimum atomic E-state index is -0.415. The Morgan fingerprint density at radius 2 is 1.89 bits per heavy atom. The number of aliphatic hydroxyl groups is 2. The van der Waals surface area contributed by atoms with Gasteiger partial charge < -0.3 is 20.3 Å². The van der Waals surface area contributed by atoms with Crippen LogP contribution in [0.4, 0.5) is 0 Å². The smallest absolute Gasteiger partial charge is 0.0897 e. The van der Waals surface area contributed by atoms with E-state index in [0.717, 1.165) is 44.8 Å². The molecule has 4 nitrogen and oxygen atoms in total. The Bertz CT molecular complexity index is 165. The number of unbranched alkanes of at least 4 members (excludes halogenated alkanes) is 2. The maximum absolute atomic E-state index is 9.63. The summed E-state index contributed by atoms with van der Waals surface area (Å²) in [7, 11) is 0. The Kier molecular flexibility index (Phi) is 13.2. The van der Waals surface area contributed by atoms with Gasteiger partial charge in [-0.25, -0.2) is 0 Å². The second-order valence-electron chi connectivity index (χ2n) is 5.25. The van der Waals surface area contributed by atoms with Crippen molar-refractivity contribution in [2.24, 2.45) is 5.92 Å². The van der Waals surface area contributed by atoms with Crippen molar-refractivity contribution >= 4 is 0 Å². The molecule has 0 amide bonds. The summed E-state index contributed by atoms with van der Waals surface area (Å²) in [5.74, 6) is 0.721. The van der Waals surface area contributed by atoms with Crippen LogP contribution in [0.1, 0.15) is 46.0 Å². The van der Waals surface area contributed by atoms with Crippen LogP contribution < -0.4 is 5.32 Å². The molecule has 0 saturated heterocycles. The maximum atomic E-state index is 9.63. The SMILES string of the molecule is CC(C)CCCOCC(O)CNCCCCCO. The average Bonchev–Trinajstić information content (AvgIpc) is 2.33.